The van der Waals surface area contributed by atoms with Crippen LogP contribution in [0.25, 0.3) is 10.6 Å². The Kier molecular flexibility index (Phi) is 4.24. The summed E-state index contributed by atoms with van der Waals surface area (Å²) in [5.41, 5.74) is 3.02. The molecule has 0 fully saturated rings. The zero-order valence-corrected chi connectivity index (χ0v) is 10.7. The molecule has 0 atom stereocenters. The first-order valence-electron chi connectivity index (χ1n) is 5.38. The van der Waals surface area contributed by atoms with Crippen molar-refractivity contribution in [1.29, 1.82) is 0 Å². The number of hydrogen-bond acceptors (Lipinski definition) is 0. The van der Waals surface area contributed by atoms with Crippen LogP contribution >= 0.6 is 23.2 Å². The van der Waals surface area contributed by atoms with Gasteiger partial charge < -0.3 is 0 Å². The average molecular weight is 263 g/mol. The molecule has 0 radical (unpaired) electrons. The molecule has 0 aliphatic heterocycles. The Morgan fingerprint density at radius 3 is 1.71 bits per heavy atom. The lowest BCUT2D eigenvalue weighted by atomic mass is 10.0. The Labute approximate surface area is 112 Å². The van der Waals surface area contributed by atoms with E-state index in [-0.39, 0.29) is 0 Å². The minimum absolute atomic E-state index is 0.401. The van der Waals surface area contributed by atoms with E-state index < -0.39 is 0 Å². The van der Waals surface area contributed by atoms with Crippen molar-refractivity contribution in [1.82, 2.24) is 0 Å². The van der Waals surface area contributed by atoms with Gasteiger partial charge in [0.25, 0.3) is 0 Å². The number of hydrogen-bond donors (Lipinski definition) is 0. The molecule has 0 saturated carbocycles. The van der Waals surface area contributed by atoms with Crippen LogP contribution in [0.15, 0.2) is 60.7 Å². The minimum atomic E-state index is 0.401. The third-order valence-corrected chi connectivity index (χ3v) is 3.26. The minimum Gasteiger partial charge on any atom is -0.121 e. The van der Waals surface area contributed by atoms with E-state index in [0.717, 1.165) is 16.7 Å². The van der Waals surface area contributed by atoms with Crippen LogP contribution in [0, 0.1) is 0 Å². The molecule has 2 aromatic carbocycles. The molecule has 0 amide bonds. The van der Waals surface area contributed by atoms with E-state index in [1.807, 2.05) is 60.7 Å². The van der Waals surface area contributed by atoms with Crippen molar-refractivity contribution in [3.8, 4) is 0 Å². The topological polar surface area (TPSA) is 0 Å². The zero-order chi connectivity index (χ0) is 12.1. The summed E-state index contributed by atoms with van der Waals surface area (Å²) in [6.07, 6.45) is 0. The monoisotopic (exact) mass is 262 g/mol. The predicted octanol–water partition coefficient (Wildman–Crippen LogP) is 5.03. The summed E-state index contributed by atoms with van der Waals surface area (Å²) in [5.74, 6) is 0.401. The smallest absolute Gasteiger partial charge is 0.0528 e. The van der Waals surface area contributed by atoms with Crippen molar-refractivity contribution in [2.45, 2.75) is 0 Å². The van der Waals surface area contributed by atoms with Gasteiger partial charge in [0.05, 0.1) is 5.03 Å². The Balaban J connectivity index is 2.48. The Morgan fingerprint density at radius 1 is 0.765 bits per heavy atom. The lowest BCUT2D eigenvalue weighted by Crippen LogP contribution is -1.89. The van der Waals surface area contributed by atoms with Crippen molar-refractivity contribution < 1.29 is 0 Å². The third-order valence-electron chi connectivity index (χ3n) is 2.55. The predicted molar refractivity (Wildman–Crippen MR) is 76.3 cm³/mol. The van der Waals surface area contributed by atoms with Gasteiger partial charge in [-0.3, -0.25) is 0 Å². The molecule has 2 aromatic rings. The first kappa shape index (κ1) is 12.2. The van der Waals surface area contributed by atoms with E-state index in [4.69, 9.17) is 23.2 Å². The van der Waals surface area contributed by atoms with Crippen LogP contribution in [0.2, 0.25) is 0 Å². The summed E-state index contributed by atoms with van der Waals surface area (Å²) in [4.78, 5) is 0. The largest absolute Gasteiger partial charge is 0.121 e. The Morgan fingerprint density at radius 2 is 1.24 bits per heavy atom. The molecule has 86 valence electrons. The van der Waals surface area contributed by atoms with Gasteiger partial charge in [-0.05, 0) is 16.7 Å². The van der Waals surface area contributed by atoms with Gasteiger partial charge in [0.1, 0.15) is 0 Å². The first-order valence-corrected chi connectivity index (χ1v) is 6.29. The van der Waals surface area contributed by atoms with Gasteiger partial charge in [-0.1, -0.05) is 72.3 Å². The quantitative estimate of drug-likeness (QED) is 0.538. The van der Waals surface area contributed by atoms with E-state index in [2.05, 4.69) is 0 Å². The van der Waals surface area contributed by atoms with E-state index >= 15 is 0 Å². The zero-order valence-electron chi connectivity index (χ0n) is 9.24. The number of halogens is 2. The van der Waals surface area contributed by atoms with E-state index in [1.165, 1.54) is 0 Å². The summed E-state index contributed by atoms with van der Waals surface area (Å²) in [6.45, 7) is 0. The molecule has 0 aliphatic rings. The van der Waals surface area contributed by atoms with Gasteiger partial charge in [0.15, 0.2) is 0 Å². The second-order valence-corrected chi connectivity index (χ2v) is 4.30. The number of alkyl halides is 1. The van der Waals surface area contributed by atoms with Crippen LogP contribution < -0.4 is 0 Å². The van der Waals surface area contributed by atoms with E-state index in [1.54, 1.807) is 0 Å². The van der Waals surface area contributed by atoms with Crippen LogP contribution in [0.3, 0.4) is 0 Å². The van der Waals surface area contributed by atoms with Gasteiger partial charge in [0, 0.05) is 5.88 Å². The SMILES string of the molecule is ClCC(=C(Cl)c1ccccc1)c1ccccc1. The molecule has 2 heteroatoms. The maximum Gasteiger partial charge on any atom is 0.0528 e. The molecule has 17 heavy (non-hydrogen) atoms. The molecule has 0 bridgehead atoms. The highest BCUT2D eigenvalue weighted by Crippen LogP contribution is 2.30. The van der Waals surface area contributed by atoms with E-state index in [9.17, 15) is 0 Å². The van der Waals surface area contributed by atoms with Crippen molar-refractivity contribution in [3.63, 3.8) is 0 Å². The van der Waals surface area contributed by atoms with Crippen LogP contribution in [0.5, 0.6) is 0 Å². The highest BCUT2D eigenvalue weighted by Gasteiger charge is 2.07. The molecule has 0 aromatic heterocycles. The highest BCUT2D eigenvalue weighted by molar-refractivity contribution is 6.53. The lowest BCUT2D eigenvalue weighted by Gasteiger charge is -2.08. The number of rotatable bonds is 3. The fourth-order valence-electron chi connectivity index (χ4n) is 1.66. The molecule has 0 N–H and O–H groups in total. The van der Waals surface area contributed by atoms with E-state index in [0.29, 0.717) is 10.9 Å². The molecule has 0 heterocycles. The summed E-state index contributed by atoms with van der Waals surface area (Å²) >= 11 is 12.4. The van der Waals surface area contributed by atoms with Gasteiger partial charge in [-0.25, -0.2) is 0 Å². The maximum absolute atomic E-state index is 6.40. The third kappa shape index (κ3) is 2.91. The lowest BCUT2D eigenvalue weighted by molar-refractivity contribution is 1.57. The van der Waals surface area contributed by atoms with Gasteiger partial charge >= 0.3 is 0 Å². The molecule has 0 unspecified atom stereocenters. The molecule has 2 rings (SSSR count). The van der Waals surface area contributed by atoms with Crippen LogP contribution in [-0.2, 0) is 0 Å². The molecular weight excluding hydrogens is 251 g/mol. The first-order chi connectivity index (χ1) is 8.33. The van der Waals surface area contributed by atoms with Crippen LogP contribution in [0.4, 0.5) is 0 Å². The molecule has 0 saturated heterocycles. The second kappa shape index (κ2) is 5.90. The van der Waals surface area contributed by atoms with Crippen molar-refractivity contribution >= 4 is 33.8 Å². The van der Waals surface area contributed by atoms with Crippen LogP contribution in [-0.4, -0.2) is 5.88 Å². The Bertz CT molecular complexity index is 501. The normalized spacial score (nSPS) is 12.1. The molecule has 0 nitrogen and oxygen atoms in total. The Hall–Kier alpha value is -1.24. The van der Waals surface area contributed by atoms with Gasteiger partial charge in [0.2, 0.25) is 0 Å². The fourth-order valence-corrected chi connectivity index (χ4v) is 2.32. The van der Waals surface area contributed by atoms with Gasteiger partial charge in [-0.15, -0.1) is 11.6 Å². The van der Waals surface area contributed by atoms with Gasteiger partial charge in [-0.2, -0.15) is 0 Å². The maximum atomic E-state index is 6.40. The highest BCUT2D eigenvalue weighted by atomic mass is 35.5. The summed E-state index contributed by atoms with van der Waals surface area (Å²) in [7, 11) is 0. The summed E-state index contributed by atoms with van der Waals surface area (Å²) < 4.78 is 0. The summed E-state index contributed by atoms with van der Waals surface area (Å²) in [6, 6.07) is 19.8. The molecular formula is C15H12Cl2. The van der Waals surface area contributed by atoms with Crippen LogP contribution in [0.1, 0.15) is 11.1 Å². The molecule has 0 spiro atoms. The number of benzene rings is 2. The summed E-state index contributed by atoms with van der Waals surface area (Å²) in [5, 5.41) is 0.715. The van der Waals surface area contributed by atoms with Crippen molar-refractivity contribution in [2.24, 2.45) is 0 Å². The number of allylic oxidation sites excluding steroid dienone is 1. The standard InChI is InChI=1S/C15H12Cl2/c16-11-14(12-7-3-1-4-8-12)15(17)13-9-5-2-6-10-13/h1-10H,11H2. The fraction of sp³-hybridized carbons (Fsp3) is 0.0667. The molecule has 0 aliphatic carbocycles. The van der Waals surface area contributed by atoms with Crippen molar-refractivity contribution in [3.05, 3.63) is 71.8 Å². The second-order valence-electron chi connectivity index (χ2n) is 3.66. The average Bonchev–Trinajstić information content (AvgIpc) is 2.42. The van der Waals surface area contributed by atoms with Crippen molar-refractivity contribution in [2.75, 3.05) is 5.88 Å².